The van der Waals surface area contributed by atoms with Crippen molar-refractivity contribution in [1.82, 2.24) is 20.8 Å². The maximum Gasteiger partial charge on any atom is 0.226 e. The molecule has 24 heavy (non-hydrogen) atoms. The average molecular weight is 443 g/mol. The van der Waals surface area contributed by atoms with Crippen LogP contribution in [0, 0.1) is 13.8 Å². The molecule has 2 aromatic rings. The van der Waals surface area contributed by atoms with Gasteiger partial charge in [0, 0.05) is 19.5 Å². The predicted octanol–water partition coefficient (Wildman–Crippen LogP) is 2.99. The van der Waals surface area contributed by atoms with Gasteiger partial charge in [0.1, 0.15) is 0 Å². The molecule has 7 heteroatoms. The van der Waals surface area contributed by atoms with Crippen molar-refractivity contribution in [1.29, 1.82) is 0 Å². The van der Waals surface area contributed by atoms with Crippen LogP contribution in [-0.2, 0) is 13.0 Å². The molecule has 0 bridgehead atoms. The zero-order chi connectivity index (χ0) is 16.5. The maximum absolute atomic E-state index is 5.10. The van der Waals surface area contributed by atoms with Crippen LogP contribution in [0.1, 0.15) is 36.2 Å². The molecule has 0 aliphatic heterocycles. The quantitative estimate of drug-likeness (QED) is 0.298. The Labute approximate surface area is 160 Å². The second-order valence-electron chi connectivity index (χ2n) is 5.45. The van der Waals surface area contributed by atoms with Gasteiger partial charge in [-0.3, -0.25) is 0 Å². The zero-order valence-electron chi connectivity index (χ0n) is 14.5. The number of nitrogens with zero attached hydrogens (tertiary/aromatic N) is 3. The molecular weight excluding hydrogens is 417 g/mol. The van der Waals surface area contributed by atoms with E-state index in [2.05, 4.69) is 63.9 Å². The van der Waals surface area contributed by atoms with E-state index in [0.29, 0.717) is 18.3 Å². The van der Waals surface area contributed by atoms with Crippen molar-refractivity contribution in [2.75, 3.05) is 13.1 Å². The van der Waals surface area contributed by atoms with Crippen LogP contribution >= 0.6 is 24.0 Å². The highest BCUT2D eigenvalue weighted by Gasteiger charge is 2.03. The lowest BCUT2D eigenvalue weighted by atomic mass is 10.1. The van der Waals surface area contributed by atoms with E-state index >= 15 is 0 Å². The fraction of sp³-hybridized carbons (Fsp3) is 0.471. The predicted molar refractivity (Wildman–Crippen MR) is 107 cm³/mol. The molecule has 132 valence electrons. The standard InChI is InChI=1S/C17H25N5O.HI/c1-4-18-17(20-12-15-9-7-13(2)8-10-15)19-11-5-6-16-21-14(3)22-23-16;/h7-10H,4-6,11-12H2,1-3H3,(H2,18,19,20);1H. The Morgan fingerprint density at radius 2 is 1.92 bits per heavy atom. The lowest BCUT2D eigenvalue weighted by Crippen LogP contribution is -2.37. The van der Waals surface area contributed by atoms with Crippen LogP contribution in [0.3, 0.4) is 0 Å². The molecular formula is C17H26IN5O. The highest BCUT2D eigenvalue weighted by atomic mass is 127. The summed E-state index contributed by atoms with van der Waals surface area (Å²) in [6.45, 7) is 8.28. The summed E-state index contributed by atoms with van der Waals surface area (Å²) in [6.07, 6.45) is 1.68. The van der Waals surface area contributed by atoms with E-state index in [0.717, 1.165) is 31.9 Å². The smallest absolute Gasteiger partial charge is 0.226 e. The van der Waals surface area contributed by atoms with Gasteiger partial charge in [0.15, 0.2) is 11.8 Å². The molecule has 0 unspecified atom stereocenters. The van der Waals surface area contributed by atoms with Gasteiger partial charge in [-0.15, -0.1) is 24.0 Å². The summed E-state index contributed by atoms with van der Waals surface area (Å²) in [5, 5.41) is 10.4. The van der Waals surface area contributed by atoms with E-state index < -0.39 is 0 Å². The molecule has 1 aromatic carbocycles. The van der Waals surface area contributed by atoms with Crippen molar-refractivity contribution in [2.45, 2.75) is 40.2 Å². The van der Waals surface area contributed by atoms with Crippen LogP contribution in [-0.4, -0.2) is 29.2 Å². The normalized spacial score (nSPS) is 11.0. The Kier molecular flexibility index (Phi) is 9.36. The van der Waals surface area contributed by atoms with Gasteiger partial charge >= 0.3 is 0 Å². The van der Waals surface area contributed by atoms with Crippen LogP contribution in [0.5, 0.6) is 0 Å². The van der Waals surface area contributed by atoms with Crippen LogP contribution in [0.15, 0.2) is 33.8 Å². The van der Waals surface area contributed by atoms with Crippen LogP contribution in [0.25, 0.3) is 0 Å². The first-order chi connectivity index (χ1) is 11.2. The Morgan fingerprint density at radius 3 is 2.54 bits per heavy atom. The Morgan fingerprint density at radius 1 is 1.17 bits per heavy atom. The molecule has 6 nitrogen and oxygen atoms in total. The van der Waals surface area contributed by atoms with Crippen molar-refractivity contribution < 1.29 is 4.52 Å². The van der Waals surface area contributed by atoms with Crippen molar-refractivity contribution >= 4 is 29.9 Å². The summed E-state index contributed by atoms with van der Waals surface area (Å²) in [5.41, 5.74) is 2.47. The summed E-state index contributed by atoms with van der Waals surface area (Å²) in [7, 11) is 0. The molecule has 0 fully saturated rings. The average Bonchev–Trinajstić information content (AvgIpc) is 2.96. The molecule has 0 aliphatic carbocycles. The van der Waals surface area contributed by atoms with Gasteiger partial charge in [-0.25, -0.2) is 4.99 Å². The number of hydrogen-bond donors (Lipinski definition) is 2. The molecule has 2 N–H and O–H groups in total. The first-order valence-electron chi connectivity index (χ1n) is 8.04. The van der Waals surface area contributed by atoms with Crippen LogP contribution < -0.4 is 10.6 Å². The number of benzene rings is 1. The number of halogens is 1. The molecule has 0 atom stereocenters. The van der Waals surface area contributed by atoms with Gasteiger partial charge in [0.2, 0.25) is 5.89 Å². The number of aromatic nitrogens is 2. The van der Waals surface area contributed by atoms with E-state index in [1.54, 1.807) is 0 Å². The maximum atomic E-state index is 5.10. The lowest BCUT2D eigenvalue weighted by Gasteiger charge is -2.10. The Hall–Kier alpha value is -1.64. The highest BCUT2D eigenvalue weighted by Crippen LogP contribution is 2.04. The largest absolute Gasteiger partial charge is 0.357 e. The zero-order valence-corrected chi connectivity index (χ0v) is 16.8. The molecule has 0 radical (unpaired) electrons. The summed E-state index contributed by atoms with van der Waals surface area (Å²) in [4.78, 5) is 8.80. The lowest BCUT2D eigenvalue weighted by molar-refractivity contribution is 0.372. The highest BCUT2D eigenvalue weighted by molar-refractivity contribution is 14.0. The first kappa shape index (κ1) is 20.4. The topological polar surface area (TPSA) is 75.3 Å². The van der Waals surface area contributed by atoms with Crippen LogP contribution in [0.4, 0.5) is 0 Å². The number of aliphatic imine (C=N–C) groups is 1. The van der Waals surface area contributed by atoms with Crippen molar-refractivity contribution in [2.24, 2.45) is 4.99 Å². The number of nitrogens with one attached hydrogen (secondary N) is 2. The minimum atomic E-state index is 0. The molecule has 0 saturated carbocycles. The minimum absolute atomic E-state index is 0. The van der Waals surface area contributed by atoms with E-state index in [1.807, 2.05) is 6.92 Å². The van der Waals surface area contributed by atoms with Gasteiger partial charge in [-0.05, 0) is 32.8 Å². The second-order valence-corrected chi connectivity index (χ2v) is 5.45. The first-order valence-corrected chi connectivity index (χ1v) is 8.04. The van der Waals surface area contributed by atoms with Gasteiger partial charge in [0.05, 0.1) is 6.54 Å². The molecule has 1 aromatic heterocycles. The molecule has 0 spiro atoms. The summed E-state index contributed by atoms with van der Waals surface area (Å²) < 4.78 is 5.10. The number of guanidine groups is 1. The second kappa shape index (κ2) is 11.0. The summed E-state index contributed by atoms with van der Waals surface area (Å²) >= 11 is 0. The number of rotatable bonds is 7. The fourth-order valence-corrected chi connectivity index (χ4v) is 2.09. The monoisotopic (exact) mass is 443 g/mol. The molecule has 0 aliphatic rings. The molecule has 0 saturated heterocycles. The van der Waals surface area contributed by atoms with E-state index in [9.17, 15) is 0 Å². The third kappa shape index (κ3) is 7.29. The van der Waals surface area contributed by atoms with Gasteiger partial charge in [-0.1, -0.05) is 35.0 Å². The number of hydrogen-bond acceptors (Lipinski definition) is 4. The number of aryl methyl sites for hydroxylation is 3. The summed E-state index contributed by atoms with van der Waals surface area (Å²) in [5.74, 6) is 2.20. The van der Waals surface area contributed by atoms with Crippen molar-refractivity contribution in [3.8, 4) is 0 Å². The van der Waals surface area contributed by atoms with E-state index in [4.69, 9.17) is 4.52 Å². The van der Waals surface area contributed by atoms with Gasteiger partial charge in [-0.2, -0.15) is 4.98 Å². The Bertz CT molecular complexity index is 624. The van der Waals surface area contributed by atoms with E-state index in [-0.39, 0.29) is 24.0 Å². The Balaban J connectivity index is 0.00000288. The van der Waals surface area contributed by atoms with Crippen molar-refractivity contribution in [3.63, 3.8) is 0 Å². The third-order valence-corrected chi connectivity index (χ3v) is 3.31. The molecule has 1 heterocycles. The fourth-order valence-electron chi connectivity index (χ4n) is 2.09. The summed E-state index contributed by atoms with van der Waals surface area (Å²) in [6, 6.07) is 8.44. The van der Waals surface area contributed by atoms with Gasteiger partial charge in [0.25, 0.3) is 0 Å². The molecule has 0 amide bonds. The van der Waals surface area contributed by atoms with Crippen molar-refractivity contribution in [3.05, 3.63) is 47.1 Å². The van der Waals surface area contributed by atoms with E-state index in [1.165, 1.54) is 11.1 Å². The minimum Gasteiger partial charge on any atom is -0.357 e. The third-order valence-electron chi connectivity index (χ3n) is 3.31. The SMILES string of the molecule is CCNC(=NCc1ccc(C)cc1)NCCCc1nc(C)no1.I. The van der Waals surface area contributed by atoms with Crippen LogP contribution in [0.2, 0.25) is 0 Å². The van der Waals surface area contributed by atoms with Gasteiger partial charge < -0.3 is 15.2 Å². The molecule has 2 rings (SSSR count).